The van der Waals surface area contributed by atoms with Gasteiger partial charge in [-0.1, -0.05) is 23.7 Å². The fraction of sp³-hybridized carbons (Fsp3) is 0.143. The number of hydrogen-bond acceptors (Lipinski definition) is 4. The molecule has 0 atom stereocenters. The molecule has 0 aromatic heterocycles. The van der Waals surface area contributed by atoms with Gasteiger partial charge in [-0.25, -0.2) is 0 Å². The van der Waals surface area contributed by atoms with Gasteiger partial charge < -0.3 is 14.8 Å². The Morgan fingerprint density at radius 3 is 2.45 bits per heavy atom. The SMILES string of the molecule is COc1ccc(B(O)O)cc1CSc1ccc(Cl)cc1. The van der Waals surface area contributed by atoms with Gasteiger partial charge in [-0.15, -0.1) is 11.8 Å². The van der Waals surface area contributed by atoms with E-state index in [1.165, 1.54) is 0 Å². The molecule has 0 heterocycles. The maximum absolute atomic E-state index is 9.22. The van der Waals surface area contributed by atoms with Crippen molar-refractivity contribution in [3.05, 3.63) is 53.1 Å². The molecule has 2 N–H and O–H groups in total. The van der Waals surface area contributed by atoms with E-state index >= 15 is 0 Å². The van der Waals surface area contributed by atoms with E-state index in [0.29, 0.717) is 16.2 Å². The summed E-state index contributed by atoms with van der Waals surface area (Å²) >= 11 is 7.48. The molecule has 0 unspecified atom stereocenters. The lowest BCUT2D eigenvalue weighted by Gasteiger charge is -2.10. The molecule has 104 valence electrons. The van der Waals surface area contributed by atoms with Crippen LogP contribution in [0.4, 0.5) is 0 Å². The first-order valence-corrected chi connectivity index (χ1v) is 7.38. The molecule has 2 aromatic carbocycles. The van der Waals surface area contributed by atoms with Gasteiger partial charge in [0, 0.05) is 21.2 Å². The van der Waals surface area contributed by atoms with Gasteiger partial charge in [0.25, 0.3) is 0 Å². The van der Waals surface area contributed by atoms with E-state index < -0.39 is 7.12 Å². The molecule has 0 radical (unpaired) electrons. The van der Waals surface area contributed by atoms with Crippen molar-refractivity contribution in [2.45, 2.75) is 10.6 Å². The van der Waals surface area contributed by atoms with Crippen molar-refractivity contribution in [1.29, 1.82) is 0 Å². The summed E-state index contributed by atoms with van der Waals surface area (Å²) in [7, 11) is 0.126. The molecular formula is C14H14BClO3S. The Labute approximate surface area is 127 Å². The molecule has 0 aliphatic heterocycles. The van der Waals surface area contributed by atoms with E-state index in [0.717, 1.165) is 16.2 Å². The topological polar surface area (TPSA) is 49.7 Å². The number of thioether (sulfide) groups is 1. The van der Waals surface area contributed by atoms with Gasteiger partial charge in [0.2, 0.25) is 0 Å². The van der Waals surface area contributed by atoms with Crippen molar-refractivity contribution in [3.63, 3.8) is 0 Å². The zero-order valence-corrected chi connectivity index (χ0v) is 12.5. The molecule has 3 nitrogen and oxygen atoms in total. The highest BCUT2D eigenvalue weighted by Crippen LogP contribution is 2.28. The largest absolute Gasteiger partial charge is 0.496 e. The first kappa shape index (κ1) is 15.3. The number of benzene rings is 2. The first-order chi connectivity index (χ1) is 9.60. The molecule has 2 rings (SSSR count). The predicted octanol–water partition coefficient (Wildman–Crippen LogP) is 2.32. The Morgan fingerprint density at radius 2 is 1.85 bits per heavy atom. The molecule has 2 aromatic rings. The fourth-order valence-corrected chi connectivity index (χ4v) is 2.77. The summed E-state index contributed by atoms with van der Waals surface area (Å²) in [6.45, 7) is 0. The van der Waals surface area contributed by atoms with Gasteiger partial charge in [-0.05, 0) is 35.8 Å². The summed E-state index contributed by atoms with van der Waals surface area (Å²) < 4.78 is 5.29. The predicted molar refractivity (Wildman–Crippen MR) is 83.8 cm³/mol. The molecule has 0 saturated heterocycles. The second-order valence-electron chi connectivity index (χ2n) is 4.19. The van der Waals surface area contributed by atoms with E-state index in [1.54, 1.807) is 37.1 Å². The van der Waals surface area contributed by atoms with Crippen LogP contribution >= 0.6 is 23.4 Å². The maximum Gasteiger partial charge on any atom is 0.488 e. The highest BCUT2D eigenvalue weighted by molar-refractivity contribution is 7.98. The van der Waals surface area contributed by atoms with Crippen LogP contribution in [0.2, 0.25) is 5.02 Å². The zero-order valence-electron chi connectivity index (χ0n) is 10.9. The second kappa shape index (κ2) is 7.04. The van der Waals surface area contributed by atoms with Crippen LogP contribution < -0.4 is 10.2 Å². The quantitative estimate of drug-likeness (QED) is 0.657. The lowest BCUT2D eigenvalue weighted by atomic mass is 9.79. The average Bonchev–Trinajstić information content (AvgIpc) is 2.46. The Balaban J connectivity index is 2.14. The highest BCUT2D eigenvalue weighted by Gasteiger charge is 2.14. The van der Waals surface area contributed by atoms with Crippen LogP contribution in [0.3, 0.4) is 0 Å². The molecule has 0 spiro atoms. The smallest absolute Gasteiger partial charge is 0.488 e. The lowest BCUT2D eigenvalue weighted by Crippen LogP contribution is -2.30. The van der Waals surface area contributed by atoms with Crippen LogP contribution in [0.15, 0.2) is 47.4 Å². The van der Waals surface area contributed by atoms with Crippen molar-refractivity contribution in [3.8, 4) is 5.75 Å². The summed E-state index contributed by atoms with van der Waals surface area (Å²) in [5.41, 5.74) is 1.37. The van der Waals surface area contributed by atoms with Crippen LogP contribution in [-0.2, 0) is 5.75 Å². The van der Waals surface area contributed by atoms with Gasteiger partial charge in [0.15, 0.2) is 0 Å². The molecule has 0 amide bonds. The van der Waals surface area contributed by atoms with Crippen LogP contribution in [0.25, 0.3) is 0 Å². The molecule has 0 aliphatic rings. The third kappa shape index (κ3) is 3.93. The summed E-state index contributed by atoms with van der Waals surface area (Å²) in [6, 6.07) is 12.7. The molecule has 20 heavy (non-hydrogen) atoms. The molecular weight excluding hydrogens is 294 g/mol. The van der Waals surface area contributed by atoms with E-state index in [1.807, 2.05) is 24.3 Å². The molecule has 6 heteroatoms. The maximum atomic E-state index is 9.22. The minimum absolute atomic E-state index is 0.456. The minimum Gasteiger partial charge on any atom is -0.496 e. The van der Waals surface area contributed by atoms with Crippen molar-refractivity contribution in [2.24, 2.45) is 0 Å². The standard InChI is InChI=1S/C14H14BClO3S/c1-19-14-7-2-11(15(17)18)8-10(14)9-20-13-5-3-12(16)4-6-13/h2-8,17-18H,9H2,1H3. The summed E-state index contributed by atoms with van der Waals surface area (Å²) in [5, 5.41) is 19.1. The number of methoxy groups -OCH3 is 1. The normalized spacial score (nSPS) is 10.4. The monoisotopic (exact) mass is 308 g/mol. The zero-order chi connectivity index (χ0) is 14.5. The average molecular weight is 309 g/mol. The van der Waals surface area contributed by atoms with Gasteiger partial charge in [0.1, 0.15) is 5.75 Å². The minimum atomic E-state index is -1.47. The van der Waals surface area contributed by atoms with Crippen LogP contribution in [-0.4, -0.2) is 24.3 Å². The number of ether oxygens (including phenoxy) is 1. The lowest BCUT2D eigenvalue weighted by molar-refractivity contribution is 0.410. The van der Waals surface area contributed by atoms with Gasteiger partial charge >= 0.3 is 7.12 Å². The Bertz CT molecular complexity index is 575. The van der Waals surface area contributed by atoms with E-state index in [9.17, 15) is 10.0 Å². The third-order valence-corrected chi connectivity index (χ3v) is 4.12. The molecule has 0 bridgehead atoms. The molecule has 0 aliphatic carbocycles. The number of hydrogen-bond donors (Lipinski definition) is 2. The second-order valence-corrected chi connectivity index (χ2v) is 5.67. The summed E-state index contributed by atoms with van der Waals surface area (Å²) in [5.74, 6) is 1.40. The summed E-state index contributed by atoms with van der Waals surface area (Å²) in [4.78, 5) is 1.09. The van der Waals surface area contributed by atoms with Crippen molar-refractivity contribution < 1.29 is 14.8 Å². The van der Waals surface area contributed by atoms with Crippen molar-refractivity contribution in [1.82, 2.24) is 0 Å². The Hall–Kier alpha value is -1.14. The van der Waals surface area contributed by atoms with Crippen LogP contribution in [0, 0.1) is 0 Å². The third-order valence-electron chi connectivity index (χ3n) is 2.81. The highest BCUT2D eigenvalue weighted by atomic mass is 35.5. The van der Waals surface area contributed by atoms with Crippen molar-refractivity contribution in [2.75, 3.05) is 7.11 Å². The van der Waals surface area contributed by atoms with E-state index in [4.69, 9.17) is 16.3 Å². The van der Waals surface area contributed by atoms with Crippen LogP contribution in [0.1, 0.15) is 5.56 Å². The fourth-order valence-electron chi connectivity index (χ4n) is 1.76. The summed E-state index contributed by atoms with van der Waals surface area (Å²) in [6.07, 6.45) is 0. The molecule has 0 fully saturated rings. The number of rotatable bonds is 5. The van der Waals surface area contributed by atoms with Gasteiger partial charge in [-0.3, -0.25) is 0 Å². The Kier molecular flexibility index (Phi) is 5.37. The van der Waals surface area contributed by atoms with Gasteiger partial charge in [0.05, 0.1) is 7.11 Å². The van der Waals surface area contributed by atoms with Gasteiger partial charge in [-0.2, -0.15) is 0 Å². The van der Waals surface area contributed by atoms with Crippen LogP contribution in [0.5, 0.6) is 5.75 Å². The molecule has 0 saturated carbocycles. The first-order valence-electron chi connectivity index (χ1n) is 6.01. The number of halogens is 1. The van der Waals surface area contributed by atoms with E-state index in [-0.39, 0.29) is 0 Å². The van der Waals surface area contributed by atoms with Crippen molar-refractivity contribution >= 4 is 35.9 Å². The van der Waals surface area contributed by atoms with E-state index in [2.05, 4.69) is 0 Å². The Morgan fingerprint density at radius 1 is 1.15 bits per heavy atom.